The fourth-order valence-electron chi connectivity index (χ4n) is 5.45. The molecule has 0 aromatic heterocycles. The van der Waals surface area contributed by atoms with E-state index in [0.29, 0.717) is 0 Å². The molecule has 0 heterocycles. The van der Waals surface area contributed by atoms with Crippen LogP contribution in [-0.2, 0) is 0 Å². The maximum atomic E-state index is 4.15. The number of hydrogen-bond donors (Lipinski definition) is 0. The minimum Gasteiger partial charge on any atom is -0.0654 e. The molecule has 0 heteroatoms. The van der Waals surface area contributed by atoms with E-state index in [1.807, 2.05) is 0 Å². The molecule has 0 saturated heterocycles. The van der Waals surface area contributed by atoms with Crippen molar-refractivity contribution in [2.75, 3.05) is 0 Å². The van der Waals surface area contributed by atoms with E-state index in [1.54, 1.807) is 0 Å². The highest BCUT2D eigenvalue weighted by Gasteiger charge is 2.07. The first kappa shape index (κ1) is 33.0. The van der Waals surface area contributed by atoms with Crippen LogP contribution in [0.3, 0.4) is 0 Å². The van der Waals surface area contributed by atoms with Gasteiger partial charge < -0.3 is 0 Å². The molecule has 0 spiro atoms. The zero-order valence-electron chi connectivity index (χ0n) is 23.8. The van der Waals surface area contributed by atoms with Gasteiger partial charge in [0.15, 0.2) is 0 Å². The van der Waals surface area contributed by atoms with Gasteiger partial charge in [0, 0.05) is 0 Å². The SMILES string of the molecule is [CH2]CCC(CCCCCCCCCCCCCC)CCCCCCCCCCCCCCC. The Morgan fingerprint density at radius 3 is 0.818 bits per heavy atom. The van der Waals surface area contributed by atoms with Gasteiger partial charge in [0.25, 0.3) is 0 Å². The van der Waals surface area contributed by atoms with Crippen LogP contribution >= 0.6 is 0 Å². The Bertz CT molecular complexity index is 320. The van der Waals surface area contributed by atoms with Crippen molar-refractivity contribution < 1.29 is 0 Å². The highest BCUT2D eigenvalue weighted by atomic mass is 14.1. The van der Waals surface area contributed by atoms with Gasteiger partial charge in [0.1, 0.15) is 0 Å². The Kier molecular flexibility index (Phi) is 30.0. The minimum absolute atomic E-state index is 0.971. The van der Waals surface area contributed by atoms with Crippen LogP contribution in [0, 0.1) is 12.8 Å². The van der Waals surface area contributed by atoms with Crippen LogP contribution in [0.25, 0.3) is 0 Å². The summed E-state index contributed by atoms with van der Waals surface area (Å²) in [5.74, 6) is 0.971. The van der Waals surface area contributed by atoms with E-state index in [2.05, 4.69) is 20.8 Å². The fraction of sp³-hybridized carbons (Fsp3) is 0.970. The van der Waals surface area contributed by atoms with Crippen LogP contribution < -0.4 is 0 Å². The lowest BCUT2D eigenvalue weighted by Crippen LogP contribution is -2.00. The van der Waals surface area contributed by atoms with Crippen molar-refractivity contribution in [1.29, 1.82) is 0 Å². The van der Waals surface area contributed by atoms with Crippen LogP contribution in [0.4, 0.5) is 0 Å². The van der Waals surface area contributed by atoms with Crippen molar-refractivity contribution in [1.82, 2.24) is 0 Å². The van der Waals surface area contributed by atoms with Gasteiger partial charge >= 0.3 is 0 Å². The fourth-order valence-corrected chi connectivity index (χ4v) is 5.45. The summed E-state index contributed by atoms with van der Waals surface area (Å²) in [5.41, 5.74) is 0. The van der Waals surface area contributed by atoms with Gasteiger partial charge in [-0.3, -0.25) is 0 Å². The molecule has 0 rings (SSSR count). The number of rotatable bonds is 29. The molecule has 1 atom stereocenters. The summed E-state index contributed by atoms with van der Waals surface area (Å²) in [6.45, 7) is 8.76. The van der Waals surface area contributed by atoms with Crippen molar-refractivity contribution in [3.8, 4) is 0 Å². The molecule has 0 N–H and O–H groups in total. The Hall–Kier alpha value is 0. The molecule has 0 aromatic carbocycles. The van der Waals surface area contributed by atoms with Gasteiger partial charge in [-0.05, 0) is 5.92 Å². The predicted octanol–water partition coefficient (Wildman–Crippen LogP) is 12.8. The molecule has 199 valence electrons. The molecular formula is C33H67. The molecule has 0 aliphatic carbocycles. The van der Waals surface area contributed by atoms with E-state index in [1.165, 1.54) is 180 Å². The highest BCUT2D eigenvalue weighted by molar-refractivity contribution is 4.62. The van der Waals surface area contributed by atoms with Gasteiger partial charge in [0.05, 0.1) is 0 Å². The molecule has 0 aliphatic heterocycles. The van der Waals surface area contributed by atoms with Crippen LogP contribution in [0.1, 0.15) is 200 Å². The lowest BCUT2D eigenvalue weighted by Gasteiger charge is -2.16. The van der Waals surface area contributed by atoms with Gasteiger partial charge in [-0.25, -0.2) is 0 Å². The van der Waals surface area contributed by atoms with Crippen molar-refractivity contribution in [3.63, 3.8) is 0 Å². The van der Waals surface area contributed by atoms with E-state index in [-0.39, 0.29) is 0 Å². The summed E-state index contributed by atoms with van der Waals surface area (Å²) < 4.78 is 0. The second-order valence-corrected chi connectivity index (χ2v) is 11.2. The van der Waals surface area contributed by atoms with E-state index >= 15 is 0 Å². The second kappa shape index (κ2) is 30.0. The van der Waals surface area contributed by atoms with Crippen molar-refractivity contribution in [2.45, 2.75) is 200 Å². The van der Waals surface area contributed by atoms with Gasteiger partial charge in [0.2, 0.25) is 0 Å². The Balaban J connectivity index is 3.38. The number of hydrogen-bond acceptors (Lipinski definition) is 0. The minimum atomic E-state index is 0.971. The van der Waals surface area contributed by atoms with Gasteiger partial charge in [-0.2, -0.15) is 0 Å². The molecular weight excluding hydrogens is 396 g/mol. The predicted molar refractivity (Wildman–Crippen MR) is 154 cm³/mol. The maximum Gasteiger partial charge on any atom is -0.0414 e. The Morgan fingerprint density at radius 1 is 0.333 bits per heavy atom. The second-order valence-electron chi connectivity index (χ2n) is 11.2. The Labute approximate surface area is 212 Å². The summed E-state index contributed by atoms with van der Waals surface area (Å²) in [7, 11) is 0. The van der Waals surface area contributed by atoms with Crippen LogP contribution in [0.2, 0.25) is 0 Å². The first-order valence-electron chi connectivity index (χ1n) is 16.1. The first-order valence-corrected chi connectivity index (χ1v) is 16.1. The summed E-state index contributed by atoms with van der Waals surface area (Å²) in [5, 5.41) is 0. The average molecular weight is 464 g/mol. The molecule has 0 saturated carbocycles. The molecule has 0 bridgehead atoms. The largest absolute Gasteiger partial charge is 0.0654 e. The summed E-state index contributed by atoms with van der Waals surface area (Å²) in [4.78, 5) is 0. The highest BCUT2D eigenvalue weighted by Crippen LogP contribution is 2.23. The topological polar surface area (TPSA) is 0 Å². The van der Waals surface area contributed by atoms with Crippen LogP contribution in [-0.4, -0.2) is 0 Å². The smallest absolute Gasteiger partial charge is 0.0414 e. The summed E-state index contributed by atoms with van der Waals surface area (Å²) >= 11 is 0. The standard InChI is InChI=1S/C33H67/c1-4-7-9-11-13-15-17-19-21-23-25-27-29-32-33(30-6-3)31-28-26-24-22-20-18-16-14-12-10-8-5-2/h33H,3-32H2,1-2H3. The average Bonchev–Trinajstić information content (AvgIpc) is 2.82. The van der Waals surface area contributed by atoms with Crippen LogP contribution in [0.15, 0.2) is 0 Å². The molecule has 33 heavy (non-hydrogen) atoms. The summed E-state index contributed by atoms with van der Waals surface area (Å²) in [6, 6.07) is 0. The molecule has 0 aliphatic rings. The maximum absolute atomic E-state index is 4.15. The zero-order chi connectivity index (χ0) is 24.1. The summed E-state index contributed by atoms with van der Waals surface area (Å²) in [6.07, 6.45) is 42.1. The van der Waals surface area contributed by atoms with E-state index in [4.69, 9.17) is 0 Å². The van der Waals surface area contributed by atoms with E-state index < -0.39 is 0 Å². The zero-order valence-corrected chi connectivity index (χ0v) is 23.8. The molecule has 0 fully saturated rings. The van der Waals surface area contributed by atoms with Gasteiger partial charge in [-0.1, -0.05) is 207 Å². The third kappa shape index (κ3) is 28.1. The third-order valence-electron chi connectivity index (χ3n) is 7.79. The lowest BCUT2D eigenvalue weighted by atomic mass is 9.90. The lowest BCUT2D eigenvalue weighted by molar-refractivity contribution is 0.381. The number of unbranched alkanes of at least 4 members (excludes halogenated alkanes) is 23. The monoisotopic (exact) mass is 464 g/mol. The molecule has 1 radical (unpaired) electrons. The van der Waals surface area contributed by atoms with Crippen molar-refractivity contribution >= 4 is 0 Å². The van der Waals surface area contributed by atoms with E-state index in [0.717, 1.165) is 12.3 Å². The van der Waals surface area contributed by atoms with Crippen molar-refractivity contribution in [2.24, 2.45) is 5.92 Å². The normalized spacial score (nSPS) is 12.5. The first-order chi connectivity index (χ1) is 16.3. The van der Waals surface area contributed by atoms with Crippen LogP contribution in [0.5, 0.6) is 0 Å². The molecule has 0 amide bonds. The molecule has 0 aromatic rings. The van der Waals surface area contributed by atoms with Crippen molar-refractivity contribution in [3.05, 3.63) is 6.92 Å². The van der Waals surface area contributed by atoms with Gasteiger partial charge in [-0.15, -0.1) is 0 Å². The Morgan fingerprint density at radius 2 is 0.576 bits per heavy atom. The molecule has 0 nitrogen and oxygen atoms in total. The third-order valence-corrected chi connectivity index (χ3v) is 7.79. The molecule has 1 unspecified atom stereocenters. The van der Waals surface area contributed by atoms with E-state index in [9.17, 15) is 0 Å². The quantitative estimate of drug-likeness (QED) is 0.0967.